The zero-order valence-electron chi connectivity index (χ0n) is 12.0. The van der Waals surface area contributed by atoms with Crippen LogP contribution < -0.4 is 10.1 Å². The lowest BCUT2D eigenvalue weighted by atomic mass is 10.1. The van der Waals surface area contributed by atoms with Gasteiger partial charge in [-0.2, -0.15) is 5.10 Å². The molecule has 0 saturated heterocycles. The Labute approximate surface area is 123 Å². The molecule has 21 heavy (non-hydrogen) atoms. The monoisotopic (exact) mass is 288 g/mol. The number of nitrogens with one attached hydrogen (secondary N) is 2. The highest BCUT2D eigenvalue weighted by Crippen LogP contribution is 2.24. The maximum absolute atomic E-state index is 11.5. The normalized spacial score (nSPS) is 12.0. The minimum atomic E-state index is -0.574. The number of aromatic nitrogens is 2. The summed E-state index contributed by atoms with van der Waals surface area (Å²) in [7, 11) is 0. The number of aliphatic hydroxyl groups is 1. The Bertz CT molecular complexity index is 608. The van der Waals surface area contributed by atoms with Crippen molar-refractivity contribution in [2.24, 2.45) is 0 Å². The number of H-pyrrole nitrogens is 1. The third-order valence-corrected chi connectivity index (χ3v) is 2.87. The maximum Gasteiger partial charge on any atom is 0.258 e. The van der Waals surface area contributed by atoms with Crippen LogP contribution in [0.1, 0.15) is 12.6 Å². The van der Waals surface area contributed by atoms with E-state index in [4.69, 9.17) is 9.84 Å². The third kappa shape index (κ3) is 4.32. The topological polar surface area (TPSA) is 87.2 Å². The van der Waals surface area contributed by atoms with Crippen molar-refractivity contribution in [1.82, 2.24) is 15.5 Å². The molecule has 111 valence electrons. The van der Waals surface area contributed by atoms with Crippen LogP contribution in [0.15, 0.2) is 24.4 Å². The average Bonchev–Trinajstić information content (AvgIpc) is 2.89. The molecule has 0 bridgehead atoms. The molecule has 6 nitrogen and oxygen atoms in total. The molecule has 2 aromatic rings. The molecule has 6 heteroatoms. The summed E-state index contributed by atoms with van der Waals surface area (Å²) in [5.74, 6) is 0.279. The molecule has 0 aliphatic heterocycles. The highest BCUT2D eigenvalue weighted by atomic mass is 16.5. The Morgan fingerprint density at radius 3 is 3.05 bits per heavy atom. The van der Waals surface area contributed by atoms with Gasteiger partial charge >= 0.3 is 0 Å². The summed E-state index contributed by atoms with van der Waals surface area (Å²) in [5.41, 5.74) is 2.77. The lowest BCUT2D eigenvalue weighted by molar-refractivity contribution is -0.123. The van der Waals surface area contributed by atoms with Crippen LogP contribution in [0.25, 0.3) is 11.1 Å². The molecule has 0 aliphatic rings. The number of nitrogens with zero attached hydrogens (tertiary/aromatic N) is 1. The Hall–Kier alpha value is -2.34. The molecule has 0 saturated carbocycles. The zero-order chi connectivity index (χ0) is 15.2. The molecular weight excluding hydrogens is 270 g/mol. The van der Waals surface area contributed by atoms with Crippen molar-refractivity contribution in [1.29, 1.82) is 0 Å². The second-order valence-corrected chi connectivity index (χ2v) is 4.78. The minimum absolute atomic E-state index is 0.103. The van der Waals surface area contributed by atoms with Gasteiger partial charge < -0.3 is 15.2 Å². The largest absolute Gasteiger partial charge is 0.484 e. The van der Waals surface area contributed by atoms with Crippen LogP contribution in [-0.4, -0.2) is 40.5 Å². The first-order chi connectivity index (χ1) is 10.1. The first kappa shape index (κ1) is 15.1. The first-order valence-electron chi connectivity index (χ1n) is 6.65. The number of aryl methyl sites for hydroxylation is 1. The number of ether oxygens (including phenoxy) is 1. The van der Waals surface area contributed by atoms with Crippen molar-refractivity contribution in [2.45, 2.75) is 20.0 Å². The molecule has 3 N–H and O–H groups in total. The van der Waals surface area contributed by atoms with E-state index in [2.05, 4.69) is 21.6 Å². The summed E-state index contributed by atoms with van der Waals surface area (Å²) in [6.07, 6.45) is 1.23. The van der Waals surface area contributed by atoms with Crippen LogP contribution >= 0.6 is 0 Å². The van der Waals surface area contributed by atoms with E-state index >= 15 is 0 Å². The molecule has 1 radical (unpaired) electrons. The summed E-state index contributed by atoms with van der Waals surface area (Å²) in [5, 5.41) is 18.5. The van der Waals surface area contributed by atoms with E-state index in [-0.39, 0.29) is 19.1 Å². The number of amides is 1. The molecule has 2 rings (SSSR count). The van der Waals surface area contributed by atoms with E-state index in [0.29, 0.717) is 5.75 Å². The molecule has 0 aliphatic carbocycles. The molecule has 1 atom stereocenters. The van der Waals surface area contributed by atoms with Crippen molar-refractivity contribution < 1.29 is 14.6 Å². The second kappa shape index (κ2) is 6.90. The predicted molar refractivity (Wildman–Crippen MR) is 77.8 cm³/mol. The summed E-state index contributed by atoms with van der Waals surface area (Å²) in [6, 6.07) is 8.31. The quantitative estimate of drug-likeness (QED) is 0.742. The smallest absolute Gasteiger partial charge is 0.258 e. The summed E-state index contributed by atoms with van der Waals surface area (Å²) in [4.78, 5) is 11.5. The fraction of sp³-hybridized carbons (Fsp3) is 0.333. The molecular formula is C15H18N3O3. The van der Waals surface area contributed by atoms with Crippen LogP contribution in [0.2, 0.25) is 0 Å². The van der Waals surface area contributed by atoms with Gasteiger partial charge in [-0.1, -0.05) is 0 Å². The molecule has 1 aromatic carbocycles. The van der Waals surface area contributed by atoms with Crippen molar-refractivity contribution in [3.8, 4) is 16.9 Å². The van der Waals surface area contributed by atoms with Gasteiger partial charge in [0.25, 0.3) is 5.91 Å². The fourth-order valence-electron chi connectivity index (χ4n) is 1.80. The third-order valence-electron chi connectivity index (χ3n) is 2.87. The number of rotatable bonds is 6. The van der Waals surface area contributed by atoms with Crippen LogP contribution in [0.5, 0.6) is 5.75 Å². The van der Waals surface area contributed by atoms with E-state index in [1.54, 1.807) is 19.2 Å². The van der Waals surface area contributed by atoms with Crippen LogP contribution in [0.3, 0.4) is 0 Å². The standard InChI is InChI=1S/C15H18N3O3/c1-10(19)7-16-15(20)9-21-13-5-3-4-12(6-13)14-8-17-18-11(14)2/h4-6,8,10,19H,7,9H2,1-2H3,(H,16,20)(H,17,18). The first-order valence-corrected chi connectivity index (χ1v) is 6.65. The van der Waals surface area contributed by atoms with Gasteiger partial charge in [0.15, 0.2) is 6.61 Å². The molecule has 0 fully saturated rings. The highest BCUT2D eigenvalue weighted by molar-refractivity contribution is 5.77. The minimum Gasteiger partial charge on any atom is -0.484 e. The number of carbonyl (C=O) groups excluding carboxylic acids is 1. The number of aliphatic hydroxyl groups excluding tert-OH is 1. The summed E-state index contributed by atoms with van der Waals surface area (Å²) >= 11 is 0. The van der Waals surface area contributed by atoms with Crippen molar-refractivity contribution in [3.63, 3.8) is 0 Å². The van der Waals surface area contributed by atoms with Gasteiger partial charge in [0.2, 0.25) is 0 Å². The van der Waals surface area contributed by atoms with E-state index in [9.17, 15) is 4.79 Å². The Balaban J connectivity index is 1.96. The molecule has 1 heterocycles. The summed E-state index contributed by atoms with van der Waals surface area (Å²) < 4.78 is 5.42. The molecule has 1 aromatic heterocycles. The highest BCUT2D eigenvalue weighted by Gasteiger charge is 2.07. The lowest BCUT2D eigenvalue weighted by Gasteiger charge is -2.09. The van der Waals surface area contributed by atoms with Crippen LogP contribution in [-0.2, 0) is 4.79 Å². The maximum atomic E-state index is 11.5. The van der Waals surface area contributed by atoms with Crippen LogP contribution in [0.4, 0.5) is 0 Å². The SMILES string of the molecule is Cc1n[nH]cc1-c1c[c]cc(OCC(=O)NCC(C)O)c1. The lowest BCUT2D eigenvalue weighted by Crippen LogP contribution is -2.34. The van der Waals surface area contributed by atoms with Gasteiger partial charge in [-0.25, -0.2) is 0 Å². The number of carbonyl (C=O) groups is 1. The molecule has 1 amide bonds. The number of benzene rings is 1. The van der Waals surface area contributed by atoms with E-state index < -0.39 is 6.10 Å². The summed E-state index contributed by atoms with van der Waals surface area (Å²) in [6.45, 7) is 3.62. The van der Waals surface area contributed by atoms with Crippen molar-refractivity contribution >= 4 is 5.91 Å². The number of hydrogen-bond donors (Lipinski definition) is 3. The van der Waals surface area contributed by atoms with Crippen molar-refractivity contribution in [2.75, 3.05) is 13.2 Å². The van der Waals surface area contributed by atoms with Crippen LogP contribution in [0, 0.1) is 13.0 Å². The predicted octanol–water partition coefficient (Wildman–Crippen LogP) is 1.06. The van der Waals surface area contributed by atoms with E-state index in [1.165, 1.54) is 0 Å². The van der Waals surface area contributed by atoms with Gasteiger partial charge in [-0.3, -0.25) is 9.89 Å². The van der Waals surface area contributed by atoms with Gasteiger partial charge in [0.1, 0.15) is 5.75 Å². The molecule has 1 unspecified atom stereocenters. The van der Waals surface area contributed by atoms with E-state index in [1.807, 2.05) is 19.1 Å². The molecule has 0 spiro atoms. The zero-order valence-corrected chi connectivity index (χ0v) is 12.0. The van der Waals surface area contributed by atoms with Crippen molar-refractivity contribution in [3.05, 3.63) is 36.2 Å². The average molecular weight is 288 g/mol. The van der Waals surface area contributed by atoms with Gasteiger partial charge in [0.05, 0.1) is 11.8 Å². The Kier molecular flexibility index (Phi) is 4.94. The van der Waals surface area contributed by atoms with E-state index in [0.717, 1.165) is 16.8 Å². The van der Waals surface area contributed by atoms with Gasteiger partial charge in [-0.05, 0) is 43.7 Å². The van der Waals surface area contributed by atoms with Gasteiger partial charge in [-0.15, -0.1) is 0 Å². The fourth-order valence-corrected chi connectivity index (χ4v) is 1.80. The van der Waals surface area contributed by atoms with Gasteiger partial charge in [0, 0.05) is 18.3 Å². The number of hydrogen-bond acceptors (Lipinski definition) is 4. The Morgan fingerprint density at radius 1 is 1.57 bits per heavy atom. The Morgan fingerprint density at radius 2 is 2.38 bits per heavy atom. The number of aromatic amines is 1. The second-order valence-electron chi connectivity index (χ2n) is 4.78.